The lowest BCUT2D eigenvalue weighted by atomic mass is 9.78. The van der Waals surface area contributed by atoms with Crippen LogP contribution in [0.3, 0.4) is 0 Å². The summed E-state index contributed by atoms with van der Waals surface area (Å²) in [6, 6.07) is 12.8. The van der Waals surface area contributed by atoms with Gasteiger partial charge in [0.1, 0.15) is 0 Å². The molecule has 116 heavy (non-hydrogen) atoms. The molecule has 0 heterocycles. The number of para-hydroxylation sites is 2. The quantitative estimate of drug-likeness (QED) is 0.0137. The van der Waals surface area contributed by atoms with E-state index in [-0.39, 0.29) is 23.7 Å². The van der Waals surface area contributed by atoms with Crippen LogP contribution in [0.5, 0.6) is 0 Å². The summed E-state index contributed by atoms with van der Waals surface area (Å²) < 4.78 is 24.4. The summed E-state index contributed by atoms with van der Waals surface area (Å²) in [5.41, 5.74) is 9.94. The molecule has 668 valence electrons. The first-order chi connectivity index (χ1) is 56.8. The van der Waals surface area contributed by atoms with E-state index in [2.05, 4.69) is 73.6 Å². The highest BCUT2D eigenvalue weighted by atomic mass is 16.5. The monoisotopic (exact) mass is 1620 g/mol. The van der Waals surface area contributed by atoms with Crippen molar-refractivity contribution in [3.05, 3.63) is 59.7 Å². The standard InChI is InChI=1S/C100H178N6O10/c1-9-15-21-27-33-41-51-67-87(69-53-43-37-39-49-63-81-115-99(111)91-75-59-61-77-93(91)103-105-95(85(7)107)97(109)101-79-65-83-113-89(71-55-45-31-25-19-13-5)73-57-47-35-29-23-17-11-3)88(68-52-42-34-28-22-16-10-2)70-54-44-38-40-50-64-82-116-100(112)92-76-60-62-78-94(92)104-106-96(86(8)108)98(110)102-80-66-84-114-90(72-56-46-32-26-20-14-6)74-58-48-36-30-24-18-12-4/h59-62,75-78,87-90,95,103-105H,9-58,63-74,79-84H2,1-8H3,(H,101,109)(H,102,110)/b106-96-. The van der Waals surface area contributed by atoms with Crippen LogP contribution in [0.15, 0.2) is 53.6 Å². The van der Waals surface area contributed by atoms with E-state index in [9.17, 15) is 28.8 Å². The van der Waals surface area contributed by atoms with Crippen LogP contribution >= 0.6 is 0 Å². The van der Waals surface area contributed by atoms with Gasteiger partial charge in [0.2, 0.25) is 5.91 Å². The minimum atomic E-state index is -1.14. The van der Waals surface area contributed by atoms with Crippen LogP contribution in [-0.2, 0) is 38.1 Å². The minimum absolute atomic E-state index is 0.235. The zero-order valence-corrected chi connectivity index (χ0v) is 76.1. The average Bonchev–Trinajstić information content (AvgIpc) is 0.857. The smallest absolute Gasteiger partial charge is 0.340 e. The van der Waals surface area contributed by atoms with Crippen molar-refractivity contribution in [3.8, 4) is 0 Å². The van der Waals surface area contributed by atoms with Crippen molar-refractivity contribution in [3.63, 3.8) is 0 Å². The van der Waals surface area contributed by atoms with Crippen molar-refractivity contribution in [2.24, 2.45) is 16.9 Å². The predicted molar refractivity (Wildman–Crippen MR) is 489 cm³/mol. The highest BCUT2D eigenvalue weighted by Crippen LogP contribution is 2.34. The number of Topliss-reactive ketones (excluding diaryl/α,β-unsaturated/α-hetero) is 2. The molecule has 16 heteroatoms. The van der Waals surface area contributed by atoms with Crippen molar-refractivity contribution >= 4 is 52.4 Å². The van der Waals surface area contributed by atoms with E-state index < -0.39 is 35.6 Å². The van der Waals surface area contributed by atoms with Crippen molar-refractivity contribution < 1.29 is 47.7 Å². The number of rotatable bonds is 86. The third kappa shape index (κ3) is 58.7. The van der Waals surface area contributed by atoms with Crippen LogP contribution in [-0.4, -0.2) is 98.8 Å². The molecule has 0 saturated carbocycles. The molecular weight excluding hydrogens is 1450 g/mol. The Kier molecular flexibility index (Phi) is 72.2. The molecule has 5 unspecified atom stereocenters. The molecule has 0 bridgehead atoms. The maximum atomic E-state index is 13.5. The van der Waals surface area contributed by atoms with Crippen LogP contribution in [0, 0.1) is 11.8 Å². The Balaban J connectivity index is 1.90. The molecule has 0 spiro atoms. The van der Waals surface area contributed by atoms with Gasteiger partial charge in [0, 0.05) is 33.2 Å². The lowest BCUT2D eigenvalue weighted by Crippen LogP contribution is -2.51. The molecule has 5 atom stereocenters. The van der Waals surface area contributed by atoms with Crippen LogP contribution in [0.25, 0.3) is 0 Å². The molecule has 0 aliphatic rings. The van der Waals surface area contributed by atoms with Crippen LogP contribution in [0.1, 0.15) is 474 Å². The number of nitrogens with one attached hydrogen (secondary N) is 5. The van der Waals surface area contributed by atoms with Gasteiger partial charge in [-0.05, 0) is 94.4 Å². The summed E-state index contributed by atoms with van der Waals surface area (Å²) in [6.07, 6.45) is 76.3. The number of ketones is 2. The number of nitrogens with zero attached hydrogens (tertiary/aromatic N) is 1. The van der Waals surface area contributed by atoms with E-state index in [1.54, 1.807) is 42.5 Å². The van der Waals surface area contributed by atoms with E-state index >= 15 is 0 Å². The van der Waals surface area contributed by atoms with E-state index in [0.717, 1.165) is 76.0 Å². The molecular formula is C100H178N6O10. The number of ether oxygens (including phenoxy) is 4. The largest absolute Gasteiger partial charge is 0.462 e. The molecule has 0 radical (unpaired) electrons. The van der Waals surface area contributed by atoms with Crippen molar-refractivity contribution in [2.75, 3.05) is 50.4 Å². The van der Waals surface area contributed by atoms with Crippen LogP contribution in [0.2, 0.25) is 0 Å². The Hall–Kier alpha value is -5.19. The number of hydrogen-bond acceptors (Lipinski definition) is 14. The zero-order chi connectivity index (χ0) is 84.0. The molecule has 0 aliphatic heterocycles. The van der Waals surface area contributed by atoms with Gasteiger partial charge in [0.05, 0.1) is 47.9 Å². The molecule has 2 aromatic rings. The Morgan fingerprint density at radius 2 is 0.621 bits per heavy atom. The fourth-order valence-electron chi connectivity index (χ4n) is 16.1. The lowest BCUT2D eigenvalue weighted by molar-refractivity contribution is -0.130. The second-order valence-electron chi connectivity index (χ2n) is 34.1. The second kappa shape index (κ2) is 78.4. The first-order valence-electron chi connectivity index (χ1n) is 49.0. The number of esters is 2. The van der Waals surface area contributed by atoms with Crippen molar-refractivity contribution in [1.29, 1.82) is 0 Å². The Morgan fingerprint density at radius 3 is 0.957 bits per heavy atom. The van der Waals surface area contributed by atoms with Crippen molar-refractivity contribution in [2.45, 2.75) is 472 Å². The first kappa shape index (κ1) is 107. The van der Waals surface area contributed by atoms with E-state index in [1.807, 2.05) is 6.07 Å². The molecule has 2 rings (SSSR count). The number of hydrazone groups is 1. The molecule has 2 aromatic carbocycles. The zero-order valence-electron chi connectivity index (χ0n) is 76.1. The summed E-state index contributed by atoms with van der Waals surface area (Å²) in [5.74, 6) is -1.17. The number of carbonyl (C=O) groups is 6. The Morgan fingerprint density at radius 1 is 0.328 bits per heavy atom. The molecule has 0 aliphatic carbocycles. The number of carbonyl (C=O) groups excluding carboxylic acids is 6. The molecule has 2 amide bonds. The minimum Gasteiger partial charge on any atom is -0.462 e. The first-order valence-corrected chi connectivity index (χ1v) is 49.0. The van der Waals surface area contributed by atoms with E-state index in [4.69, 9.17) is 18.9 Å². The molecule has 0 aromatic heterocycles. The van der Waals surface area contributed by atoms with Gasteiger partial charge in [-0.15, -0.1) is 0 Å². The molecule has 0 saturated heterocycles. The summed E-state index contributed by atoms with van der Waals surface area (Å²) in [7, 11) is 0. The van der Waals surface area contributed by atoms with E-state index in [1.165, 1.54) is 335 Å². The van der Waals surface area contributed by atoms with Crippen LogP contribution < -0.4 is 26.9 Å². The Labute approximate surface area is 711 Å². The second-order valence-corrected chi connectivity index (χ2v) is 34.1. The number of hydrogen-bond donors (Lipinski definition) is 5. The van der Waals surface area contributed by atoms with Gasteiger partial charge in [-0.1, -0.05) is 413 Å². The third-order valence-corrected chi connectivity index (χ3v) is 23.5. The van der Waals surface area contributed by atoms with Gasteiger partial charge >= 0.3 is 11.9 Å². The van der Waals surface area contributed by atoms with Gasteiger partial charge in [0.15, 0.2) is 23.3 Å². The number of unbranched alkanes of at least 4 members (excludes halogenated alkanes) is 44. The topological polar surface area (TPSA) is 212 Å². The fourth-order valence-corrected chi connectivity index (χ4v) is 16.1. The number of anilines is 2. The van der Waals surface area contributed by atoms with Gasteiger partial charge in [-0.25, -0.2) is 15.0 Å². The van der Waals surface area contributed by atoms with Gasteiger partial charge < -0.3 is 35.0 Å². The van der Waals surface area contributed by atoms with E-state index in [0.29, 0.717) is 74.9 Å². The summed E-state index contributed by atoms with van der Waals surface area (Å²) >= 11 is 0. The number of benzene rings is 2. The van der Waals surface area contributed by atoms with Gasteiger partial charge in [0.25, 0.3) is 5.91 Å². The third-order valence-electron chi connectivity index (χ3n) is 23.5. The molecule has 16 nitrogen and oxygen atoms in total. The maximum absolute atomic E-state index is 13.5. The van der Waals surface area contributed by atoms with Gasteiger partial charge in [-0.3, -0.25) is 24.6 Å². The summed E-state index contributed by atoms with van der Waals surface area (Å²) in [4.78, 5) is 79.2. The predicted octanol–water partition coefficient (Wildman–Crippen LogP) is 27.5. The summed E-state index contributed by atoms with van der Waals surface area (Å²) in [5, 5.41) is 10.0. The number of amides is 2. The SMILES string of the molecule is CCCCCCCCCC(CCCCCCCC)OCCCNC(=O)/C(=N\Nc1ccccc1C(=O)OCCCCCCCCC(CCCCCCCCC)C(CCCCCCCCC)CCCCCCCCOC(=O)c1ccccc1NNC(C(C)=O)C(=O)NCCCOC(CCCCCCCC)CCCCCCCCC)C(C)=O. The highest BCUT2D eigenvalue weighted by molar-refractivity contribution is 6.65. The van der Waals surface area contributed by atoms with Crippen molar-refractivity contribution in [1.82, 2.24) is 16.1 Å². The lowest BCUT2D eigenvalue weighted by Gasteiger charge is -2.28. The average molecular weight is 1620 g/mol. The highest BCUT2D eigenvalue weighted by Gasteiger charge is 2.26. The van der Waals surface area contributed by atoms with Crippen LogP contribution in [0.4, 0.5) is 11.4 Å². The number of hydrazine groups is 1. The van der Waals surface area contributed by atoms with Gasteiger partial charge in [-0.2, -0.15) is 5.10 Å². The molecule has 5 N–H and O–H groups in total. The normalized spacial score (nSPS) is 12.9. The summed E-state index contributed by atoms with van der Waals surface area (Å²) in [6.45, 7) is 18.9. The fraction of sp³-hybridized carbons (Fsp3) is 0.810. The molecule has 0 fully saturated rings. The Bertz CT molecular complexity index is 2710. The maximum Gasteiger partial charge on any atom is 0.340 e.